The van der Waals surface area contributed by atoms with Gasteiger partial charge in [-0.25, -0.2) is 0 Å². The van der Waals surface area contributed by atoms with Crippen LogP contribution in [-0.4, -0.2) is 43.9 Å². The lowest BCUT2D eigenvalue weighted by Gasteiger charge is -2.11. The van der Waals surface area contributed by atoms with Crippen LogP contribution in [0.1, 0.15) is 48.7 Å². The number of thioether (sulfide) groups is 1. The van der Waals surface area contributed by atoms with Crippen molar-refractivity contribution >= 4 is 34.2 Å². The summed E-state index contributed by atoms with van der Waals surface area (Å²) in [7, 11) is 0. The molecule has 0 saturated heterocycles. The van der Waals surface area contributed by atoms with Gasteiger partial charge in [-0.15, -0.1) is 10.2 Å². The van der Waals surface area contributed by atoms with Crippen LogP contribution in [0.3, 0.4) is 0 Å². The average molecular weight is 479 g/mol. The van der Waals surface area contributed by atoms with Gasteiger partial charge in [0.2, 0.25) is 5.78 Å². The molecule has 0 atom stereocenters. The third-order valence-electron chi connectivity index (χ3n) is 5.95. The zero-order valence-electron chi connectivity index (χ0n) is 19.9. The Bertz CT molecular complexity index is 1380. The number of para-hydroxylation sites is 1. The molecular formula is C26H30N4O3S. The number of ketones is 1. The van der Waals surface area contributed by atoms with Crippen LogP contribution < -0.4 is 5.56 Å². The fourth-order valence-corrected chi connectivity index (χ4v) is 4.94. The maximum absolute atomic E-state index is 13.2. The molecule has 0 fully saturated rings. The quantitative estimate of drug-likeness (QED) is 0.179. The number of aryl methyl sites for hydroxylation is 3. The molecule has 4 rings (SSSR count). The van der Waals surface area contributed by atoms with Gasteiger partial charge in [0.1, 0.15) is 0 Å². The largest absolute Gasteiger partial charge is 0.382 e. The molecule has 34 heavy (non-hydrogen) atoms. The van der Waals surface area contributed by atoms with Gasteiger partial charge >= 0.3 is 0 Å². The number of carbonyl (C=O) groups excluding carboxylic acids is 1. The Kier molecular flexibility index (Phi) is 7.80. The highest BCUT2D eigenvalue weighted by Gasteiger charge is 2.19. The number of carbonyl (C=O) groups is 1. The van der Waals surface area contributed by atoms with Gasteiger partial charge in [-0.3, -0.25) is 18.6 Å². The van der Waals surface area contributed by atoms with E-state index in [0.717, 1.165) is 35.0 Å². The number of rotatable bonds is 11. The molecule has 2 heterocycles. The molecule has 0 bridgehead atoms. The van der Waals surface area contributed by atoms with Crippen LogP contribution in [0, 0.1) is 0 Å². The fraction of sp³-hybridized carbons (Fsp3) is 0.385. The Hall–Kier alpha value is -2.97. The van der Waals surface area contributed by atoms with Gasteiger partial charge in [-0.05, 0) is 55.5 Å². The van der Waals surface area contributed by atoms with Crippen LogP contribution in [0.4, 0.5) is 0 Å². The third-order valence-corrected chi connectivity index (χ3v) is 6.88. The predicted octanol–water partition coefficient (Wildman–Crippen LogP) is 4.57. The third kappa shape index (κ3) is 4.79. The van der Waals surface area contributed by atoms with Crippen LogP contribution >= 0.6 is 11.8 Å². The summed E-state index contributed by atoms with van der Waals surface area (Å²) in [4.78, 5) is 26.3. The van der Waals surface area contributed by atoms with E-state index in [1.54, 1.807) is 4.57 Å². The molecule has 0 unspecified atom stereocenters. The molecular weight excluding hydrogens is 448 g/mol. The van der Waals surface area contributed by atoms with Crippen molar-refractivity contribution in [3.63, 3.8) is 0 Å². The lowest BCUT2D eigenvalue weighted by atomic mass is 9.98. The summed E-state index contributed by atoms with van der Waals surface area (Å²) in [5.41, 5.74) is 3.64. The summed E-state index contributed by atoms with van der Waals surface area (Å²) < 4.78 is 8.98. The average Bonchev–Trinajstić information content (AvgIpc) is 3.30. The van der Waals surface area contributed by atoms with Crippen molar-refractivity contribution in [2.75, 3.05) is 19.0 Å². The number of fused-ring (bicyclic) bond motifs is 3. The molecule has 178 valence electrons. The van der Waals surface area contributed by atoms with E-state index in [4.69, 9.17) is 4.74 Å². The summed E-state index contributed by atoms with van der Waals surface area (Å²) in [5, 5.41) is 9.91. The Labute approximate surface area is 203 Å². The van der Waals surface area contributed by atoms with Crippen molar-refractivity contribution in [2.24, 2.45) is 0 Å². The minimum absolute atomic E-state index is 0.0724. The molecule has 0 radical (unpaired) electrons. The molecule has 0 amide bonds. The number of hydrogen-bond donors (Lipinski definition) is 0. The van der Waals surface area contributed by atoms with Crippen molar-refractivity contribution in [2.45, 2.75) is 51.7 Å². The van der Waals surface area contributed by atoms with Crippen molar-refractivity contribution in [3.8, 4) is 0 Å². The van der Waals surface area contributed by atoms with Crippen molar-refractivity contribution < 1.29 is 9.53 Å². The zero-order valence-corrected chi connectivity index (χ0v) is 20.7. The van der Waals surface area contributed by atoms with Gasteiger partial charge in [0.15, 0.2) is 10.9 Å². The molecule has 2 aromatic heterocycles. The van der Waals surface area contributed by atoms with Crippen LogP contribution in [0.15, 0.2) is 52.4 Å². The van der Waals surface area contributed by atoms with E-state index < -0.39 is 0 Å². The highest BCUT2D eigenvalue weighted by Crippen LogP contribution is 2.24. The number of nitrogens with zero attached hydrogens (tertiary/aromatic N) is 4. The van der Waals surface area contributed by atoms with E-state index in [1.165, 1.54) is 11.8 Å². The first-order chi connectivity index (χ1) is 16.6. The van der Waals surface area contributed by atoms with Gasteiger partial charge in [0, 0.05) is 25.3 Å². The highest BCUT2D eigenvalue weighted by atomic mass is 32.2. The monoisotopic (exact) mass is 478 g/mol. The number of ether oxygens (including phenoxy) is 1. The first-order valence-electron chi connectivity index (χ1n) is 11.8. The summed E-state index contributed by atoms with van der Waals surface area (Å²) in [5.74, 6) is 0.805. The van der Waals surface area contributed by atoms with Gasteiger partial charge in [0.05, 0.1) is 16.7 Å². The second kappa shape index (κ2) is 11.0. The number of hydrogen-bond acceptors (Lipinski definition) is 6. The number of Topliss-reactive ketones (excluding diaryl/α,β-unsaturated/α-hetero) is 1. The second-order valence-electron chi connectivity index (χ2n) is 8.05. The Morgan fingerprint density at radius 1 is 1.06 bits per heavy atom. The van der Waals surface area contributed by atoms with Gasteiger partial charge in [0.25, 0.3) is 5.56 Å². The minimum atomic E-state index is -0.0939. The van der Waals surface area contributed by atoms with E-state index in [9.17, 15) is 9.59 Å². The molecule has 0 aliphatic rings. The predicted molar refractivity (Wildman–Crippen MR) is 136 cm³/mol. The van der Waals surface area contributed by atoms with E-state index in [1.807, 2.05) is 41.7 Å². The van der Waals surface area contributed by atoms with E-state index >= 15 is 0 Å². The highest BCUT2D eigenvalue weighted by molar-refractivity contribution is 7.99. The zero-order chi connectivity index (χ0) is 24.1. The van der Waals surface area contributed by atoms with E-state index in [-0.39, 0.29) is 17.1 Å². The standard InChI is InChI=1S/C26H30N4O3S/c1-4-18-12-13-19(5-2)21(16-18)23(31)17-34-26-28-27-25-29(14-9-15-33-6-3)24(32)20-10-7-8-11-22(20)30(25)26/h7-8,10-13,16H,4-6,9,14-15,17H2,1-3H3. The molecule has 0 aliphatic carbocycles. The van der Waals surface area contributed by atoms with Crippen LogP contribution in [0.5, 0.6) is 0 Å². The van der Waals surface area contributed by atoms with Gasteiger partial charge < -0.3 is 4.74 Å². The molecule has 2 aromatic carbocycles. The maximum atomic E-state index is 13.2. The fourth-order valence-electron chi connectivity index (χ4n) is 4.12. The topological polar surface area (TPSA) is 78.5 Å². The molecule has 0 aliphatic heterocycles. The van der Waals surface area contributed by atoms with E-state index in [0.29, 0.717) is 42.5 Å². The Morgan fingerprint density at radius 2 is 1.88 bits per heavy atom. The molecule has 8 heteroatoms. The smallest absolute Gasteiger partial charge is 0.262 e. The molecule has 0 saturated carbocycles. The van der Waals surface area contributed by atoms with Crippen molar-refractivity contribution in [3.05, 3.63) is 69.5 Å². The van der Waals surface area contributed by atoms with Gasteiger partial charge in [-0.1, -0.05) is 49.9 Å². The lowest BCUT2D eigenvalue weighted by Crippen LogP contribution is -2.24. The normalized spacial score (nSPS) is 11.5. The summed E-state index contributed by atoms with van der Waals surface area (Å²) >= 11 is 1.35. The number of aromatic nitrogens is 4. The van der Waals surface area contributed by atoms with Crippen molar-refractivity contribution in [1.29, 1.82) is 0 Å². The second-order valence-corrected chi connectivity index (χ2v) is 9.00. The molecule has 7 nitrogen and oxygen atoms in total. The summed E-state index contributed by atoms with van der Waals surface area (Å²) in [6.07, 6.45) is 2.39. The molecule has 0 N–H and O–H groups in total. The summed E-state index contributed by atoms with van der Waals surface area (Å²) in [6.45, 7) is 7.80. The number of benzene rings is 2. The minimum Gasteiger partial charge on any atom is -0.382 e. The van der Waals surface area contributed by atoms with Gasteiger partial charge in [-0.2, -0.15) is 0 Å². The van der Waals surface area contributed by atoms with E-state index in [2.05, 4.69) is 36.2 Å². The SMILES string of the molecule is CCOCCCn1c(=O)c2ccccc2n2c(SCC(=O)c3cc(CC)ccc3CC)nnc12. The maximum Gasteiger partial charge on any atom is 0.262 e. The molecule has 0 spiro atoms. The first kappa shape index (κ1) is 24.2. The Balaban J connectivity index is 1.68. The lowest BCUT2D eigenvalue weighted by molar-refractivity contribution is 0.102. The Morgan fingerprint density at radius 3 is 2.65 bits per heavy atom. The van der Waals surface area contributed by atoms with Crippen LogP contribution in [0.25, 0.3) is 16.7 Å². The van der Waals surface area contributed by atoms with Crippen LogP contribution in [0.2, 0.25) is 0 Å². The van der Waals surface area contributed by atoms with Crippen LogP contribution in [-0.2, 0) is 24.1 Å². The van der Waals surface area contributed by atoms with Crippen molar-refractivity contribution in [1.82, 2.24) is 19.2 Å². The first-order valence-corrected chi connectivity index (χ1v) is 12.8. The molecule has 4 aromatic rings. The summed E-state index contributed by atoms with van der Waals surface area (Å²) in [6, 6.07) is 13.6.